The Morgan fingerprint density at radius 2 is 1.58 bits per heavy atom. The monoisotopic (exact) mass is 815 g/mol. The number of H-pyrrole nitrogens is 1. The number of pyridine rings is 1. The minimum Gasteiger partial charge on any atom is -0.384 e. The van der Waals surface area contributed by atoms with E-state index in [1.807, 2.05) is 47.4 Å². The summed E-state index contributed by atoms with van der Waals surface area (Å²) < 4.78 is 0. The molecule has 14 nitrogen and oxygen atoms in total. The lowest BCUT2D eigenvalue weighted by atomic mass is 10.0. The van der Waals surface area contributed by atoms with Crippen LogP contribution in [0.2, 0.25) is 0 Å². The first-order valence-corrected chi connectivity index (χ1v) is 21.4. The first-order chi connectivity index (χ1) is 28.7. The molecule has 0 radical (unpaired) electrons. The minimum atomic E-state index is -0.994. The van der Waals surface area contributed by atoms with Crippen LogP contribution in [0.25, 0.3) is 11.3 Å². The van der Waals surface area contributed by atoms with Crippen LogP contribution in [0, 0.1) is 5.41 Å². The lowest BCUT2D eigenvalue weighted by Gasteiger charge is -2.36. The van der Waals surface area contributed by atoms with Gasteiger partial charge in [-0.25, -0.2) is 0 Å². The molecule has 5 amide bonds. The van der Waals surface area contributed by atoms with Crippen LogP contribution in [-0.4, -0.2) is 95.3 Å². The maximum absolute atomic E-state index is 13.3. The molecule has 1 atom stereocenters. The molecule has 4 aromatic rings. The number of hydrogen-bond donors (Lipinski definition) is 5. The van der Waals surface area contributed by atoms with Crippen LogP contribution in [0.1, 0.15) is 72.1 Å². The minimum absolute atomic E-state index is 0.0278. The van der Waals surface area contributed by atoms with E-state index in [1.165, 1.54) is 4.90 Å². The van der Waals surface area contributed by atoms with Gasteiger partial charge in [0.2, 0.25) is 23.7 Å². The number of anilines is 3. The number of carbonyl (C=O) groups excluding carboxylic acids is 5. The van der Waals surface area contributed by atoms with Crippen molar-refractivity contribution in [3.05, 3.63) is 102 Å². The quantitative estimate of drug-likeness (QED) is 0.0343. The Kier molecular flexibility index (Phi) is 13.2. The summed E-state index contributed by atoms with van der Waals surface area (Å²) in [6.07, 6.45) is 7.34. The average molecular weight is 816 g/mol. The third kappa shape index (κ3) is 9.91. The topological polar surface area (TPSA) is 183 Å². The molecule has 5 N–H and O–H groups in total. The highest BCUT2D eigenvalue weighted by atomic mass is 32.2. The number of rotatable bonds is 14. The second-order valence-corrected chi connectivity index (χ2v) is 15.7. The van der Waals surface area contributed by atoms with Gasteiger partial charge in [-0.3, -0.25) is 39.6 Å². The first kappa shape index (κ1) is 41.0. The van der Waals surface area contributed by atoms with Crippen molar-refractivity contribution in [1.29, 1.82) is 5.41 Å². The van der Waals surface area contributed by atoms with Crippen LogP contribution in [-0.2, 0) is 14.4 Å². The number of piperazine rings is 1. The zero-order valence-corrected chi connectivity index (χ0v) is 33.9. The number of benzene rings is 3. The summed E-state index contributed by atoms with van der Waals surface area (Å²) >= 11 is 1.70. The SMILES string of the molecule is CSc1ccc(-c2ccc/c(=N/C(=N)Nc3ccc(N4CCN(C(=O)CCCCCCCNc5cccc6c5C(=O)N(C5CCC(=O)NC5=O)C6=O)CC4)cc3)[nH]2)cc1. The number of amides is 5. The van der Waals surface area contributed by atoms with Gasteiger partial charge in [0.15, 0.2) is 0 Å². The van der Waals surface area contributed by atoms with E-state index in [-0.39, 0.29) is 35.8 Å². The Morgan fingerprint density at radius 1 is 0.847 bits per heavy atom. The predicted octanol–water partition coefficient (Wildman–Crippen LogP) is 5.85. The highest BCUT2D eigenvalue weighted by Crippen LogP contribution is 2.32. The summed E-state index contributed by atoms with van der Waals surface area (Å²) in [6.45, 7) is 3.47. The fraction of sp³-hybridized carbons (Fsp3) is 0.341. The number of hydrogen-bond acceptors (Lipinski definition) is 9. The van der Waals surface area contributed by atoms with E-state index in [4.69, 9.17) is 5.41 Å². The van der Waals surface area contributed by atoms with Gasteiger partial charge >= 0.3 is 0 Å². The molecule has 0 spiro atoms. The van der Waals surface area contributed by atoms with E-state index in [1.54, 1.807) is 30.0 Å². The molecule has 2 fully saturated rings. The molecular formula is C44H49N9O5S. The van der Waals surface area contributed by atoms with Crippen molar-refractivity contribution >= 4 is 64.3 Å². The van der Waals surface area contributed by atoms with E-state index in [0.717, 1.165) is 72.7 Å². The molecule has 3 aliphatic heterocycles. The normalized spacial score (nSPS) is 16.9. The number of carbonyl (C=O) groups is 5. The zero-order valence-electron chi connectivity index (χ0n) is 33.1. The summed E-state index contributed by atoms with van der Waals surface area (Å²) in [5.41, 5.74) is 5.48. The third-order valence-electron chi connectivity index (χ3n) is 10.9. The number of imide groups is 2. The molecule has 0 saturated carbocycles. The molecule has 2 saturated heterocycles. The highest BCUT2D eigenvalue weighted by Gasteiger charge is 2.45. The van der Waals surface area contributed by atoms with Gasteiger partial charge < -0.3 is 25.4 Å². The summed E-state index contributed by atoms with van der Waals surface area (Å²) in [4.78, 5) is 77.5. The van der Waals surface area contributed by atoms with Crippen LogP contribution in [0.5, 0.6) is 0 Å². The second kappa shape index (κ2) is 19.0. The van der Waals surface area contributed by atoms with Gasteiger partial charge in [0.25, 0.3) is 11.8 Å². The number of aromatic nitrogens is 1. The Hall–Kier alpha value is -6.22. The molecule has 0 bridgehead atoms. The van der Waals surface area contributed by atoms with Crippen molar-refractivity contribution in [2.75, 3.05) is 54.5 Å². The van der Waals surface area contributed by atoms with E-state index >= 15 is 0 Å². The maximum atomic E-state index is 13.3. The lowest BCUT2D eigenvalue weighted by molar-refractivity contribution is -0.136. The Balaban J connectivity index is 0.780. The van der Waals surface area contributed by atoms with Crippen molar-refractivity contribution in [1.82, 2.24) is 20.1 Å². The second-order valence-electron chi connectivity index (χ2n) is 14.8. The van der Waals surface area contributed by atoms with Gasteiger partial charge in [0.05, 0.1) is 11.1 Å². The van der Waals surface area contributed by atoms with Gasteiger partial charge in [-0.1, -0.05) is 43.5 Å². The van der Waals surface area contributed by atoms with E-state index in [9.17, 15) is 24.0 Å². The van der Waals surface area contributed by atoms with Crippen molar-refractivity contribution in [2.24, 2.45) is 4.99 Å². The van der Waals surface area contributed by atoms with Crippen LogP contribution in [0.4, 0.5) is 17.1 Å². The summed E-state index contributed by atoms with van der Waals surface area (Å²) in [5, 5.41) is 17.0. The van der Waals surface area contributed by atoms with Crippen molar-refractivity contribution < 1.29 is 24.0 Å². The Labute approximate surface area is 347 Å². The van der Waals surface area contributed by atoms with Crippen molar-refractivity contribution in [3.63, 3.8) is 0 Å². The van der Waals surface area contributed by atoms with E-state index in [2.05, 4.69) is 61.3 Å². The molecule has 3 aromatic carbocycles. The van der Waals surface area contributed by atoms with Gasteiger partial charge in [-0.15, -0.1) is 11.8 Å². The number of aromatic amines is 1. The van der Waals surface area contributed by atoms with E-state index in [0.29, 0.717) is 37.2 Å². The number of guanidine groups is 1. The molecule has 306 valence electrons. The van der Waals surface area contributed by atoms with Crippen LogP contribution in [0.15, 0.2) is 94.8 Å². The molecule has 4 heterocycles. The fourth-order valence-corrected chi connectivity index (χ4v) is 8.10. The summed E-state index contributed by atoms with van der Waals surface area (Å²) in [6, 6.07) is 26.1. The lowest BCUT2D eigenvalue weighted by Crippen LogP contribution is -2.54. The fourth-order valence-electron chi connectivity index (χ4n) is 7.69. The van der Waals surface area contributed by atoms with Crippen molar-refractivity contribution in [2.45, 2.75) is 62.3 Å². The molecule has 59 heavy (non-hydrogen) atoms. The number of piperidine rings is 1. The van der Waals surface area contributed by atoms with Crippen LogP contribution >= 0.6 is 11.8 Å². The number of nitrogens with one attached hydrogen (secondary N) is 5. The molecule has 1 aromatic heterocycles. The largest absolute Gasteiger partial charge is 0.384 e. The van der Waals surface area contributed by atoms with Crippen LogP contribution in [0.3, 0.4) is 0 Å². The summed E-state index contributed by atoms with van der Waals surface area (Å²) in [5.74, 6) is -1.85. The molecule has 0 aliphatic carbocycles. The van der Waals surface area contributed by atoms with Gasteiger partial charge in [0.1, 0.15) is 11.5 Å². The molecule has 1 unspecified atom stereocenters. The van der Waals surface area contributed by atoms with Gasteiger partial charge in [0, 0.05) is 73.2 Å². The average Bonchev–Trinajstić information content (AvgIpc) is 3.51. The molecule has 3 aliphatic rings. The Morgan fingerprint density at radius 3 is 2.32 bits per heavy atom. The number of unbranched alkanes of at least 4 members (excludes halogenated alkanes) is 4. The van der Waals surface area contributed by atoms with Gasteiger partial charge in [-0.05, 0) is 91.7 Å². The van der Waals surface area contributed by atoms with Crippen LogP contribution < -0.4 is 26.3 Å². The summed E-state index contributed by atoms with van der Waals surface area (Å²) in [7, 11) is 0. The Bertz CT molecular complexity index is 2280. The molecule has 15 heteroatoms. The number of nitrogens with zero attached hydrogens (tertiary/aromatic N) is 4. The maximum Gasteiger partial charge on any atom is 0.264 e. The van der Waals surface area contributed by atoms with Crippen molar-refractivity contribution in [3.8, 4) is 11.3 Å². The van der Waals surface area contributed by atoms with Gasteiger partial charge in [-0.2, -0.15) is 4.99 Å². The first-order valence-electron chi connectivity index (χ1n) is 20.1. The number of thioether (sulfide) groups is 1. The predicted molar refractivity (Wildman–Crippen MR) is 229 cm³/mol. The highest BCUT2D eigenvalue weighted by molar-refractivity contribution is 7.98. The van der Waals surface area contributed by atoms with E-state index < -0.39 is 29.7 Å². The smallest absolute Gasteiger partial charge is 0.264 e. The number of fused-ring (bicyclic) bond motifs is 1. The molecule has 7 rings (SSSR count). The standard InChI is InChI=1S/C44H49N9O5S/c1-59-32-20-14-29(15-21-32)34-10-8-12-37(48-34)49-44(45)47-30-16-18-31(19-17-30)51-25-27-52(28-26-51)39(55)13-5-3-2-4-6-24-46-35-11-7-9-33-40(35)43(58)53(42(33)57)36-22-23-38(54)50-41(36)56/h7-12,14-21,36,46H,2-6,13,22-28H2,1H3,(H,50,54,56)(H3,45,47,48,49). The third-order valence-corrected chi connectivity index (χ3v) is 11.6. The zero-order chi connectivity index (χ0) is 41.3. The molecular weight excluding hydrogens is 767 g/mol.